The van der Waals surface area contributed by atoms with E-state index < -0.39 is 24.4 Å². The van der Waals surface area contributed by atoms with Crippen molar-refractivity contribution in [1.29, 1.82) is 0 Å². The average molecular weight is 481 g/mol. The highest BCUT2D eigenvalue weighted by molar-refractivity contribution is 5.79. The van der Waals surface area contributed by atoms with Gasteiger partial charge in [0.2, 0.25) is 0 Å². The first-order valence-corrected chi connectivity index (χ1v) is 13.8. The second-order valence-electron chi connectivity index (χ2n) is 13.1. The first kappa shape index (κ1) is 26.5. The molecule has 0 aromatic heterocycles. The first-order chi connectivity index (χ1) is 15.9. The maximum absolute atomic E-state index is 12.5. The number of hydrogen-bond donors (Lipinski definition) is 4. The SMILES string of the molecule is CC(C)[C@@H](C)[C@@H](O)[C@H](O)[C@H](C)[C@@H]1OC[C@H]2CCC(=O)C[C@@H]2[C@H]2[C@H](O)[C@H](O)[C@H]3[C@H](C)CC[C@]3(C)[C@@H]12. The molecule has 196 valence electrons. The van der Waals surface area contributed by atoms with Crippen molar-refractivity contribution in [3.8, 4) is 0 Å². The lowest BCUT2D eigenvalue weighted by Crippen LogP contribution is -2.63. The second kappa shape index (κ2) is 9.74. The van der Waals surface area contributed by atoms with E-state index in [1.165, 1.54) is 0 Å². The maximum Gasteiger partial charge on any atom is 0.133 e. The van der Waals surface area contributed by atoms with Crippen molar-refractivity contribution in [1.82, 2.24) is 0 Å². The number of carbonyl (C=O) groups is 1. The van der Waals surface area contributed by atoms with Crippen LogP contribution in [0.5, 0.6) is 0 Å². The van der Waals surface area contributed by atoms with E-state index in [0.717, 1.165) is 19.3 Å². The zero-order valence-electron chi connectivity index (χ0n) is 21.9. The number of ketones is 1. The summed E-state index contributed by atoms with van der Waals surface area (Å²) in [7, 11) is 0. The summed E-state index contributed by atoms with van der Waals surface area (Å²) in [5, 5.41) is 45.3. The normalized spacial score (nSPS) is 48.3. The third-order valence-electron chi connectivity index (χ3n) is 11.0. The molecule has 4 N–H and O–H groups in total. The summed E-state index contributed by atoms with van der Waals surface area (Å²) in [5.41, 5.74) is -0.259. The molecule has 4 aliphatic rings. The fourth-order valence-corrected chi connectivity index (χ4v) is 8.63. The highest BCUT2D eigenvalue weighted by Gasteiger charge is 2.65. The molecule has 14 atom stereocenters. The Labute approximate surface area is 205 Å². The van der Waals surface area contributed by atoms with Gasteiger partial charge in [0.1, 0.15) is 5.78 Å². The fourth-order valence-electron chi connectivity index (χ4n) is 8.63. The Morgan fingerprint density at radius 2 is 1.68 bits per heavy atom. The van der Waals surface area contributed by atoms with Crippen molar-refractivity contribution in [3.63, 3.8) is 0 Å². The molecular formula is C28H48O6. The summed E-state index contributed by atoms with van der Waals surface area (Å²) in [5.74, 6) is 0.121. The minimum absolute atomic E-state index is 0.0153. The number of hydrogen-bond acceptors (Lipinski definition) is 6. The van der Waals surface area contributed by atoms with Crippen LogP contribution in [0.1, 0.15) is 73.6 Å². The summed E-state index contributed by atoms with van der Waals surface area (Å²) in [4.78, 5) is 12.5. The number of aliphatic hydroxyl groups excluding tert-OH is 4. The molecule has 3 aliphatic carbocycles. The molecule has 0 spiro atoms. The first-order valence-electron chi connectivity index (χ1n) is 13.8. The molecule has 6 heteroatoms. The number of fused-ring (bicyclic) bond motifs is 5. The minimum Gasteiger partial charge on any atom is -0.390 e. The third kappa shape index (κ3) is 4.19. The predicted octanol–water partition coefficient (Wildman–Crippen LogP) is 3.04. The number of ether oxygens (including phenoxy) is 1. The van der Waals surface area contributed by atoms with Gasteiger partial charge >= 0.3 is 0 Å². The molecule has 0 bridgehead atoms. The molecule has 1 heterocycles. The van der Waals surface area contributed by atoms with E-state index >= 15 is 0 Å². The van der Waals surface area contributed by atoms with Gasteiger partial charge in [-0.15, -0.1) is 0 Å². The molecule has 0 aromatic rings. The Hall–Kier alpha value is -0.530. The van der Waals surface area contributed by atoms with Gasteiger partial charge in [-0.05, 0) is 72.0 Å². The van der Waals surface area contributed by atoms with Crippen molar-refractivity contribution in [2.75, 3.05) is 6.61 Å². The van der Waals surface area contributed by atoms with Crippen LogP contribution in [0, 0.1) is 58.7 Å². The van der Waals surface area contributed by atoms with E-state index in [1.807, 2.05) is 13.8 Å². The fraction of sp³-hybridized carbons (Fsp3) is 0.964. The van der Waals surface area contributed by atoms with Gasteiger partial charge in [-0.25, -0.2) is 0 Å². The van der Waals surface area contributed by atoms with E-state index in [4.69, 9.17) is 4.74 Å². The molecule has 34 heavy (non-hydrogen) atoms. The number of carbonyl (C=O) groups excluding carboxylic acids is 1. The Kier molecular flexibility index (Phi) is 7.60. The Balaban J connectivity index is 1.76. The zero-order chi connectivity index (χ0) is 25.1. The average Bonchev–Trinajstić information content (AvgIpc) is 3.00. The van der Waals surface area contributed by atoms with Crippen LogP contribution in [0.3, 0.4) is 0 Å². The van der Waals surface area contributed by atoms with E-state index in [9.17, 15) is 25.2 Å². The van der Waals surface area contributed by atoms with E-state index in [1.54, 1.807) is 0 Å². The van der Waals surface area contributed by atoms with Gasteiger partial charge in [0.25, 0.3) is 0 Å². The molecule has 0 radical (unpaired) electrons. The lowest BCUT2D eigenvalue weighted by molar-refractivity contribution is -0.208. The number of aliphatic hydroxyl groups is 4. The molecule has 1 saturated heterocycles. The summed E-state index contributed by atoms with van der Waals surface area (Å²) in [6.45, 7) is 12.9. The quantitative estimate of drug-likeness (QED) is 0.482. The molecular weight excluding hydrogens is 432 g/mol. The van der Waals surface area contributed by atoms with Gasteiger partial charge in [0.15, 0.2) is 0 Å². The van der Waals surface area contributed by atoms with Gasteiger partial charge in [0, 0.05) is 18.8 Å². The highest BCUT2D eigenvalue weighted by atomic mass is 16.5. The van der Waals surface area contributed by atoms with Crippen LogP contribution in [-0.4, -0.2) is 63.3 Å². The zero-order valence-corrected chi connectivity index (χ0v) is 21.9. The van der Waals surface area contributed by atoms with Gasteiger partial charge in [-0.2, -0.15) is 0 Å². The van der Waals surface area contributed by atoms with E-state index in [2.05, 4.69) is 27.7 Å². The predicted molar refractivity (Wildman–Crippen MR) is 130 cm³/mol. The number of Topliss-reactive ketones (excluding diaryl/α,β-unsaturated/α-hetero) is 1. The summed E-state index contributed by atoms with van der Waals surface area (Å²) < 4.78 is 6.67. The monoisotopic (exact) mass is 480 g/mol. The lowest BCUT2D eigenvalue weighted by Gasteiger charge is -2.58. The Bertz CT molecular complexity index is 740. The molecule has 6 nitrogen and oxygen atoms in total. The molecule has 1 aliphatic heterocycles. The standard InChI is InChI=1S/C28H48O6/c1-13(2)15(4)23(30)24(31)16(5)27-22-20(19-11-18(29)8-7-17(19)12-34-27)25(32)26(33)21-14(3)9-10-28(21,22)6/h13-17,19-27,30-33H,7-12H2,1-6H3/t14-,15-,16+,17-,19+,20-,21-,22-,23-,24-,25+,26-,27+,28+/m1/s1. The van der Waals surface area contributed by atoms with Crippen LogP contribution in [0.4, 0.5) is 0 Å². The molecule has 0 aromatic carbocycles. The smallest absolute Gasteiger partial charge is 0.133 e. The van der Waals surface area contributed by atoms with Crippen molar-refractivity contribution >= 4 is 5.78 Å². The Morgan fingerprint density at radius 1 is 1.00 bits per heavy atom. The maximum atomic E-state index is 12.5. The molecule has 0 amide bonds. The Morgan fingerprint density at radius 3 is 2.32 bits per heavy atom. The van der Waals surface area contributed by atoms with Gasteiger partial charge in [-0.1, -0.05) is 41.5 Å². The second-order valence-corrected chi connectivity index (χ2v) is 13.1. The number of rotatable bonds is 5. The van der Waals surface area contributed by atoms with Gasteiger partial charge in [-0.3, -0.25) is 4.79 Å². The lowest BCUT2D eigenvalue weighted by atomic mass is 9.49. The van der Waals surface area contributed by atoms with Crippen molar-refractivity contribution in [3.05, 3.63) is 0 Å². The van der Waals surface area contributed by atoms with Gasteiger partial charge in [0.05, 0.1) is 37.1 Å². The minimum atomic E-state index is -0.949. The van der Waals surface area contributed by atoms with Crippen LogP contribution >= 0.6 is 0 Å². The topological polar surface area (TPSA) is 107 Å². The van der Waals surface area contributed by atoms with Crippen molar-refractivity contribution in [2.24, 2.45) is 58.7 Å². The summed E-state index contributed by atoms with van der Waals surface area (Å²) >= 11 is 0. The van der Waals surface area contributed by atoms with Crippen LogP contribution in [0.15, 0.2) is 0 Å². The molecule has 4 fully saturated rings. The highest BCUT2D eigenvalue weighted by Crippen LogP contribution is 2.64. The molecule has 4 rings (SSSR count). The van der Waals surface area contributed by atoms with E-state index in [-0.39, 0.29) is 70.6 Å². The van der Waals surface area contributed by atoms with Crippen molar-refractivity contribution < 1.29 is 30.0 Å². The van der Waals surface area contributed by atoms with Gasteiger partial charge < -0.3 is 25.2 Å². The van der Waals surface area contributed by atoms with Crippen LogP contribution in [-0.2, 0) is 9.53 Å². The third-order valence-corrected chi connectivity index (χ3v) is 11.0. The van der Waals surface area contributed by atoms with Crippen molar-refractivity contribution in [2.45, 2.75) is 104 Å². The summed E-state index contributed by atoms with van der Waals surface area (Å²) in [6, 6.07) is 0. The van der Waals surface area contributed by atoms with E-state index in [0.29, 0.717) is 19.4 Å². The largest absolute Gasteiger partial charge is 0.390 e. The molecule has 3 saturated carbocycles. The summed E-state index contributed by atoms with van der Waals surface area (Å²) in [6.07, 6.45) is -0.235. The van der Waals surface area contributed by atoms with Crippen LogP contribution in [0.25, 0.3) is 0 Å². The van der Waals surface area contributed by atoms with Crippen LogP contribution < -0.4 is 0 Å². The molecule has 0 unspecified atom stereocenters. The van der Waals surface area contributed by atoms with Crippen LogP contribution in [0.2, 0.25) is 0 Å².